The zero-order valence-electron chi connectivity index (χ0n) is 13.3. The highest BCUT2D eigenvalue weighted by atomic mass is 16.3. The van der Waals surface area contributed by atoms with E-state index in [0.717, 1.165) is 17.7 Å². The molecule has 2 amide bonds. The fraction of sp³-hybridized carbons (Fsp3) is 0.150. The molecule has 2 N–H and O–H groups in total. The van der Waals surface area contributed by atoms with E-state index in [-0.39, 0.29) is 12.1 Å². The average Bonchev–Trinajstić information content (AvgIpc) is 3.15. The minimum absolute atomic E-state index is 0.0924. The van der Waals surface area contributed by atoms with Gasteiger partial charge in [0.2, 0.25) is 0 Å². The van der Waals surface area contributed by atoms with Crippen molar-refractivity contribution in [3.05, 3.63) is 95.9 Å². The van der Waals surface area contributed by atoms with Crippen LogP contribution in [0.4, 0.5) is 4.79 Å². The summed E-state index contributed by atoms with van der Waals surface area (Å²) in [5, 5.41) is 5.88. The first-order valence-corrected chi connectivity index (χ1v) is 7.97. The highest BCUT2D eigenvalue weighted by Gasteiger charge is 2.15. The second-order valence-corrected chi connectivity index (χ2v) is 5.56. The van der Waals surface area contributed by atoms with E-state index in [9.17, 15) is 4.79 Å². The molecule has 1 atom stereocenters. The van der Waals surface area contributed by atoms with Gasteiger partial charge in [0.15, 0.2) is 0 Å². The predicted octanol–water partition coefficient (Wildman–Crippen LogP) is 4.06. The summed E-state index contributed by atoms with van der Waals surface area (Å²) in [7, 11) is 0. The number of furan rings is 1. The number of amides is 2. The van der Waals surface area contributed by atoms with Crippen molar-refractivity contribution in [3.8, 4) is 0 Å². The smallest absolute Gasteiger partial charge is 0.315 e. The van der Waals surface area contributed by atoms with Crippen LogP contribution in [0, 0.1) is 0 Å². The molecule has 1 unspecified atom stereocenters. The van der Waals surface area contributed by atoms with Gasteiger partial charge in [-0.15, -0.1) is 0 Å². The number of hydrogen-bond acceptors (Lipinski definition) is 2. The van der Waals surface area contributed by atoms with Crippen LogP contribution in [0.3, 0.4) is 0 Å². The summed E-state index contributed by atoms with van der Waals surface area (Å²) in [4.78, 5) is 12.2. The van der Waals surface area contributed by atoms with Gasteiger partial charge in [-0.25, -0.2) is 4.79 Å². The lowest BCUT2D eigenvalue weighted by Crippen LogP contribution is -2.38. The summed E-state index contributed by atoms with van der Waals surface area (Å²) >= 11 is 0. The first-order chi connectivity index (χ1) is 11.8. The van der Waals surface area contributed by atoms with Crippen molar-refractivity contribution >= 4 is 6.03 Å². The molecule has 1 heterocycles. The molecule has 0 bridgehead atoms. The molecule has 4 nitrogen and oxygen atoms in total. The van der Waals surface area contributed by atoms with Gasteiger partial charge in [0.05, 0.1) is 18.8 Å². The number of carbonyl (C=O) groups is 1. The van der Waals surface area contributed by atoms with Crippen LogP contribution in [-0.2, 0) is 13.0 Å². The molecule has 0 radical (unpaired) electrons. The van der Waals surface area contributed by atoms with Crippen molar-refractivity contribution in [1.82, 2.24) is 10.6 Å². The maximum absolute atomic E-state index is 12.2. The topological polar surface area (TPSA) is 54.3 Å². The molecule has 0 aliphatic carbocycles. The van der Waals surface area contributed by atoms with E-state index in [0.29, 0.717) is 6.54 Å². The van der Waals surface area contributed by atoms with Crippen LogP contribution < -0.4 is 10.6 Å². The lowest BCUT2D eigenvalue weighted by molar-refractivity contribution is 0.235. The molecular formula is C20H20N2O2. The normalized spacial score (nSPS) is 11.7. The molecule has 0 fully saturated rings. The van der Waals surface area contributed by atoms with Gasteiger partial charge in [0, 0.05) is 0 Å². The largest absolute Gasteiger partial charge is 0.467 e. The fourth-order valence-electron chi connectivity index (χ4n) is 2.58. The van der Waals surface area contributed by atoms with E-state index < -0.39 is 0 Å². The Balaban J connectivity index is 1.66. The lowest BCUT2D eigenvalue weighted by atomic mass is 9.99. The quantitative estimate of drug-likeness (QED) is 0.719. The third-order valence-electron chi connectivity index (χ3n) is 3.79. The summed E-state index contributed by atoms with van der Waals surface area (Å²) in [5.74, 6) is 0.726. The number of hydrogen-bond donors (Lipinski definition) is 2. The maximum atomic E-state index is 12.2. The molecule has 0 saturated heterocycles. The van der Waals surface area contributed by atoms with Gasteiger partial charge in [0.25, 0.3) is 0 Å². The van der Waals surface area contributed by atoms with Gasteiger partial charge >= 0.3 is 6.03 Å². The Hall–Kier alpha value is -3.01. The van der Waals surface area contributed by atoms with Crippen LogP contribution in [0.5, 0.6) is 0 Å². The number of nitrogens with one attached hydrogen (secondary N) is 2. The third kappa shape index (κ3) is 4.49. The van der Waals surface area contributed by atoms with Crippen LogP contribution in [0.2, 0.25) is 0 Å². The minimum atomic E-state index is -0.212. The molecule has 24 heavy (non-hydrogen) atoms. The number of rotatable bonds is 6. The van der Waals surface area contributed by atoms with Gasteiger partial charge in [-0.1, -0.05) is 60.7 Å². The van der Waals surface area contributed by atoms with E-state index in [1.165, 1.54) is 5.56 Å². The number of carbonyl (C=O) groups excluding carboxylic acids is 1. The van der Waals surface area contributed by atoms with Crippen LogP contribution in [0.1, 0.15) is 22.9 Å². The molecule has 2 aromatic carbocycles. The van der Waals surface area contributed by atoms with E-state index in [4.69, 9.17) is 4.42 Å². The van der Waals surface area contributed by atoms with Crippen molar-refractivity contribution in [2.24, 2.45) is 0 Å². The van der Waals surface area contributed by atoms with Crippen LogP contribution in [-0.4, -0.2) is 6.03 Å². The van der Waals surface area contributed by atoms with Gasteiger partial charge in [-0.3, -0.25) is 0 Å². The molecular weight excluding hydrogens is 300 g/mol. The van der Waals surface area contributed by atoms with Crippen molar-refractivity contribution in [1.29, 1.82) is 0 Å². The van der Waals surface area contributed by atoms with Gasteiger partial charge in [-0.2, -0.15) is 0 Å². The van der Waals surface area contributed by atoms with Crippen molar-refractivity contribution in [2.45, 2.75) is 19.0 Å². The molecule has 0 aliphatic rings. The highest BCUT2D eigenvalue weighted by Crippen LogP contribution is 2.18. The Kier molecular flexibility index (Phi) is 5.30. The molecule has 0 spiro atoms. The van der Waals surface area contributed by atoms with Crippen LogP contribution >= 0.6 is 0 Å². The van der Waals surface area contributed by atoms with Gasteiger partial charge in [0.1, 0.15) is 5.76 Å². The molecule has 4 heteroatoms. The first kappa shape index (κ1) is 15.9. The summed E-state index contributed by atoms with van der Waals surface area (Å²) in [6.45, 7) is 0.367. The Morgan fingerprint density at radius 2 is 1.62 bits per heavy atom. The second-order valence-electron chi connectivity index (χ2n) is 5.56. The Bertz CT molecular complexity index is 740. The SMILES string of the molecule is O=C(NCc1ccco1)NC(Cc1ccccc1)c1ccccc1. The summed E-state index contributed by atoms with van der Waals surface area (Å²) in [6, 6.07) is 23.5. The van der Waals surface area contributed by atoms with E-state index in [2.05, 4.69) is 22.8 Å². The monoisotopic (exact) mass is 320 g/mol. The standard InChI is InChI=1S/C20H20N2O2/c23-20(21-15-18-12-7-13-24-18)22-19(17-10-5-2-6-11-17)14-16-8-3-1-4-9-16/h1-13,19H,14-15H2,(H2,21,22,23). The second kappa shape index (κ2) is 8.02. The number of urea groups is 1. The summed E-state index contributed by atoms with van der Waals surface area (Å²) in [5.41, 5.74) is 2.26. The summed E-state index contributed by atoms with van der Waals surface area (Å²) in [6.07, 6.45) is 2.33. The molecule has 0 aliphatic heterocycles. The average molecular weight is 320 g/mol. The Labute approximate surface area is 141 Å². The maximum Gasteiger partial charge on any atom is 0.315 e. The molecule has 0 saturated carbocycles. The zero-order chi connectivity index (χ0) is 16.6. The molecule has 122 valence electrons. The first-order valence-electron chi connectivity index (χ1n) is 7.97. The van der Waals surface area contributed by atoms with Crippen LogP contribution in [0.15, 0.2) is 83.5 Å². The lowest BCUT2D eigenvalue weighted by Gasteiger charge is -2.19. The van der Waals surface area contributed by atoms with E-state index >= 15 is 0 Å². The van der Waals surface area contributed by atoms with Crippen molar-refractivity contribution in [3.63, 3.8) is 0 Å². The van der Waals surface area contributed by atoms with Crippen LogP contribution in [0.25, 0.3) is 0 Å². The van der Waals surface area contributed by atoms with Crippen molar-refractivity contribution in [2.75, 3.05) is 0 Å². The Morgan fingerprint density at radius 3 is 2.29 bits per heavy atom. The molecule has 1 aromatic heterocycles. The predicted molar refractivity (Wildman–Crippen MR) is 93.4 cm³/mol. The zero-order valence-corrected chi connectivity index (χ0v) is 13.3. The Morgan fingerprint density at radius 1 is 0.917 bits per heavy atom. The summed E-state index contributed by atoms with van der Waals surface area (Å²) < 4.78 is 5.23. The van der Waals surface area contributed by atoms with Crippen molar-refractivity contribution < 1.29 is 9.21 Å². The van der Waals surface area contributed by atoms with E-state index in [1.807, 2.05) is 54.6 Å². The number of benzene rings is 2. The van der Waals surface area contributed by atoms with E-state index in [1.54, 1.807) is 12.3 Å². The highest BCUT2D eigenvalue weighted by molar-refractivity contribution is 5.74. The molecule has 3 aromatic rings. The fourth-order valence-corrected chi connectivity index (χ4v) is 2.58. The van der Waals surface area contributed by atoms with Gasteiger partial charge < -0.3 is 15.1 Å². The third-order valence-corrected chi connectivity index (χ3v) is 3.79. The van der Waals surface area contributed by atoms with Gasteiger partial charge in [-0.05, 0) is 29.7 Å². The minimum Gasteiger partial charge on any atom is -0.467 e. The molecule has 3 rings (SSSR count).